The number of carboxylic acids is 3. The Hall–Kier alpha value is -2.91. The molecular formula is C16H26N4O10S. The maximum Gasteiger partial charge on any atom is 0.326 e. The zero-order chi connectivity index (χ0) is 24.3. The van der Waals surface area contributed by atoms with Crippen LogP contribution in [0.25, 0.3) is 0 Å². The number of thiol groups is 1. The molecule has 0 aliphatic carbocycles. The number of hydrogen-bond acceptors (Lipinski definition) is 9. The average molecular weight is 466 g/mol. The summed E-state index contributed by atoms with van der Waals surface area (Å²) in [7, 11) is 0. The van der Waals surface area contributed by atoms with Crippen LogP contribution in [0.1, 0.15) is 26.2 Å². The third-order valence-electron chi connectivity index (χ3n) is 3.87. The van der Waals surface area contributed by atoms with E-state index in [2.05, 4.69) is 17.9 Å². The van der Waals surface area contributed by atoms with E-state index in [0.29, 0.717) is 0 Å². The molecule has 0 aromatic carbocycles. The Morgan fingerprint density at radius 1 is 0.871 bits per heavy atom. The number of nitrogens with one attached hydrogen (secondary N) is 3. The van der Waals surface area contributed by atoms with Gasteiger partial charge >= 0.3 is 17.9 Å². The molecule has 15 heteroatoms. The van der Waals surface area contributed by atoms with Crippen molar-refractivity contribution < 1.29 is 49.2 Å². The lowest BCUT2D eigenvalue weighted by atomic mass is 10.1. The van der Waals surface area contributed by atoms with Gasteiger partial charge in [0.1, 0.15) is 18.1 Å². The van der Waals surface area contributed by atoms with Crippen molar-refractivity contribution in [2.75, 3.05) is 5.75 Å². The summed E-state index contributed by atoms with van der Waals surface area (Å²) in [4.78, 5) is 69.5. The maximum absolute atomic E-state index is 12.4. The van der Waals surface area contributed by atoms with Crippen LogP contribution in [0.15, 0.2) is 0 Å². The van der Waals surface area contributed by atoms with Crippen molar-refractivity contribution in [3.63, 3.8) is 0 Å². The Labute approximate surface area is 182 Å². The van der Waals surface area contributed by atoms with E-state index in [4.69, 9.17) is 21.1 Å². The molecule has 0 aliphatic rings. The van der Waals surface area contributed by atoms with Crippen molar-refractivity contribution in [3.05, 3.63) is 0 Å². The van der Waals surface area contributed by atoms with Gasteiger partial charge in [-0.05, 0) is 13.3 Å². The van der Waals surface area contributed by atoms with E-state index in [0.717, 1.165) is 6.92 Å². The first-order valence-electron chi connectivity index (χ1n) is 8.92. The third kappa shape index (κ3) is 10.6. The first kappa shape index (κ1) is 28.1. The number of rotatable bonds is 14. The first-order valence-corrected chi connectivity index (χ1v) is 9.55. The Morgan fingerprint density at radius 3 is 1.84 bits per heavy atom. The minimum atomic E-state index is -1.73. The monoisotopic (exact) mass is 466 g/mol. The summed E-state index contributed by atoms with van der Waals surface area (Å²) in [6, 6.07) is -6.16. The number of nitrogens with two attached hydrogens (primary N) is 1. The van der Waals surface area contributed by atoms with Crippen molar-refractivity contribution in [1.82, 2.24) is 16.0 Å². The van der Waals surface area contributed by atoms with Gasteiger partial charge in [-0.3, -0.25) is 24.0 Å². The molecule has 176 valence electrons. The minimum absolute atomic E-state index is 0.0983. The van der Waals surface area contributed by atoms with Gasteiger partial charge in [-0.25, -0.2) is 4.79 Å². The van der Waals surface area contributed by atoms with Gasteiger partial charge in [0, 0.05) is 12.2 Å². The lowest BCUT2D eigenvalue weighted by Crippen LogP contribution is -2.60. The van der Waals surface area contributed by atoms with E-state index in [1.54, 1.807) is 0 Å². The molecule has 0 saturated heterocycles. The standard InChI is InChI=1S/C16H26N4O10S/c1-6(21)12(15(28)18-8(16(29)30)2-3-10(22)23)20-14(27)9(4-11(24)25)19-13(26)7(17)5-31/h6-9,12,21,31H,2-5,17H2,1H3,(H,18,28)(H,19,26)(H,20,27)(H,22,23)(H,24,25)(H,29,30). The van der Waals surface area contributed by atoms with Gasteiger partial charge in [0.05, 0.1) is 18.6 Å². The maximum atomic E-state index is 12.4. The number of carboxylic acid groups (broad SMARTS) is 3. The number of hydrogen-bond donors (Lipinski definition) is 9. The molecule has 0 spiro atoms. The van der Waals surface area contributed by atoms with E-state index >= 15 is 0 Å². The van der Waals surface area contributed by atoms with E-state index < -0.39 is 85.2 Å². The highest BCUT2D eigenvalue weighted by Crippen LogP contribution is 2.03. The fraction of sp³-hybridized carbons (Fsp3) is 0.625. The number of aliphatic hydroxyl groups excluding tert-OH is 1. The smallest absolute Gasteiger partial charge is 0.326 e. The molecule has 0 aliphatic heterocycles. The van der Waals surface area contributed by atoms with Crippen LogP contribution in [0.5, 0.6) is 0 Å². The minimum Gasteiger partial charge on any atom is -0.481 e. The van der Waals surface area contributed by atoms with E-state index in [1.165, 1.54) is 0 Å². The predicted octanol–water partition coefficient (Wildman–Crippen LogP) is -3.50. The van der Waals surface area contributed by atoms with Gasteiger partial charge in [0.2, 0.25) is 17.7 Å². The molecule has 0 radical (unpaired) electrons. The molecule has 3 amide bonds. The predicted molar refractivity (Wildman–Crippen MR) is 106 cm³/mol. The summed E-state index contributed by atoms with van der Waals surface area (Å²) in [6.45, 7) is 1.10. The zero-order valence-corrected chi connectivity index (χ0v) is 17.4. The molecule has 9 N–H and O–H groups in total. The Kier molecular flexibility index (Phi) is 12.1. The van der Waals surface area contributed by atoms with Crippen LogP contribution in [0.2, 0.25) is 0 Å². The molecule has 31 heavy (non-hydrogen) atoms. The van der Waals surface area contributed by atoms with Gasteiger partial charge in [-0.15, -0.1) is 0 Å². The van der Waals surface area contributed by atoms with Gasteiger partial charge in [0.15, 0.2) is 0 Å². The fourth-order valence-corrected chi connectivity index (χ4v) is 2.36. The lowest BCUT2D eigenvalue weighted by Gasteiger charge is -2.26. The van der Waals surface area contributed by atoms with Crippen LogP contribution in [0.4, 0.5) is 0 Å². The molecule has 0 saturated carbocycles. The summed E-state index contributed by atoms with van der Waals surface area (Å²) >= 11 is 3.81. The molecule has 5 atom stereocenters. The summed E-state index contributed by atoms with van der Waals surface area (Å²) in [5, 5.41) is 42.7. The Bertz CT molecular complexity index is 702. The van der Waals surface area contributed by atoms with Gasteiger partial charge in [-0.1, -0.05) is 0 Å². The number of aliphatic hydroxyl groups is 1. The van der Waals surface area contributed by atoms with Crippen LogP contribution in [0, 0.1) is 0 Å². The number of carbonyl (C=O) groups excluding carboxylic acids is 3. The summed E-state index contributed by atoms with van der Waals surface area (Å²) in [5.41, 5.74) is 5.46. The Balaban J connectivity index is 5.40. The van der Waals surface area contributed by atoms with Crippen LogP contribution in [-0.4, -0.2) is 92.1 Å². The second-order valence-corrected chi connectivity index (χ2v) is 6.87. The highest BCUT2D eigenvalue weighted by Gasteiger charge is 2.33. The van der Waals surface area contributed by atoms with Gasteiger partial charge in [-0.2, -0.15) is 12.6 Å². The number of carbonyl (C=O) groups is 6. The van der Waals surface area contributed by atoms with E-state index in [1.807, 2.05) is 10.6 Å². The first-order chi connectivity index (χ1) is 14.3. The zero-order valence-electron chi connectivity index (χ0n) is 16.5. The molecule has 0 bridgehead atoms. The second kappa shape index (κ2) is 13.4. The van der Waals surface area contributed by atoms with Crippen molar-refractivity contribution in [1.29, 1.82) is 0 Å². The van der Waals surface area contributed by atoms with Gasteiger partial charge in [0.25, 0.3) is 0 Å². The van der Waals surface area contributed by atoms with Gasteiger partial charge < -0.3 is 42.1 Å². The Morgan fingerprint density at radius 2 is 1.42 bits per heavy atom. The highest BCUT2D eigenvalue weighted by molar-refractivity contribution is 7.80. The fourth-order valence-electron chi connectivity index (χ4n) is 2.19. The molecule has 0 aromatic heterocycles. The summed E-state index contributed by atoms with van der Waals surface area (Å²) < 4.78 is 0. The average Bonchev–Trinajstić information content (AvgIpc) is 2.66. The van der Waals surface area contributed by atoms with E-state index in [-0.39, 0.29) is 5.75 Å². The molecule has 0 aromatic rings. The van der Waals surface area contributed by atoms with Crippen molar-refractivity contribution in [3.8, 4) is 0 Å². The van der Waals surface area contributed by atoms with Crippen LogP contribution < -0.4 is 21.7 Å². The molecule has 0 heterocycles. The highest BCUT2D eigenvalue weighted by atomic mass is 32.1. The van der Waals surface area contributed by atoms with Crippen LogP contribution in [0.3, 0.4) is 0 Å². The van der Waals surface area contributed by atoms with Crippen LogP contribution in [-0.2, 0) is 28.8 Å². The topological polar surface area (TPSA) is 245 Å². The second-order valence-electron chi connectivity index (χ2n) is 6.51. The third-order valence-corrected chi connectivity index (χ3v) is 4.26. The molecule has 0 fully saturated rings. The SMILES string of the molecule is CC(O)C(NC(=O)C(CC(=O)O)NC(=O)C(N)CS)C(=O)NC(CCC(=O)O)C(=O)O. The molecule has 14 nitrogen and oxygen atoms in total. The lowest BCUT2D eigenvalue weighted by molar-refractivity contribution is -0.145. The normalized spacial score (nSPS) is 15.5. The van der Waals surface area contributed by atoms with Crippen molar-refractivity contribution >= 4 is 48.3 Å². The number of amides is 3. The largest absolute Gasteiger partial charge is 0.481 e. The quantitative estimate of drug-likeness (QED) is 0.114. The summed E-state index contributed by atoms with van der Waals surface area (Å²) in [6.07, 6.45) is -3.46. The van der Waals surface area contributed by atoms with Crippen LogP contribution >= 0.6 is 12.6 Å². The molecule has 0 rings (SSSR count). The molecule has 5 unspecified atom stereocenters. The van der Waals surface area contributed by atoms with Crippen molar-refractivity contribution in [2.45, 2.75) is 56.5 Å². The summed E-state index contributed by atoms with van der Waals surface area (Å²) in [5.74, 6) is -7.59. The van der Waals surface area contributed by atoms with Crippen molar-refractivity contribution in [2.24, 2.45) is 5.73 Å². The number of aliphatic carboxylic acids is 3. The molecular weight excluding hydrogens is 440 g/mol. The van der Waals surface area contributed by atoms with E-state index in [9.17, 15) is 33.9 Å².